The molecule has 27 heavy (non-hydrogen) atoms. The Morgan fingerprint density at radius 2 is 1.89 bits per heavy atom. The first-order valence-corrected chi connectivity index (χ1v) is 8.08. The summed E-state index contributed by atoms with van der Waals surface area (Å²) in [7, 11) is 0. The number of hydrogen-bond donors (Lipinski definition) is 2. The molecule has 0 unspecified atom stereocenters. The Morgan fingerprint density at radius 1 is 1.07 bits per heavy atom. The van der Waals surface area contributed by atoms with E-state index in [1.165, 1.54) is 16.9 Å². The molecule has 135 valence electrons. The molecule has 0 fully saturated rings. The molecule has 0 aliphatic rings. The molecule has 4 N–H and O–H groups in total. The van der Waals surface area contributed by atoms with Crippen molar-refractivity contribution in [1.82, 2.24) is 19.7 Å². The Kier molecular flexibility index (Phi) is 3.95. The Morgan fingerprint density at radius 3 is 2.67 bits per heavy atom. The number of fused-ring (bicyclic) bond motifs is 1. The highest BCUT2D eigenvalue weighted by Gasteiger charge is 2.18. The van der Waals surface area contributed by atoms with E-state index in [0.717, 1.165) is 0 Å². The van der Waals surface area contributed by atoms with Crippen LogP contribution in [-0.4, -0.2) is 19.7 Å². The number of nitrogens with two attached hydrogens (primary N) is 2. The van der Waals surface area contributed by atoms with Crippen molar-refractivity contribution in [2.75, 3.05) is 11.5 Å². The largest absolute Gasteiger partial charge is 0.399 e. The highest BCUT2D eigenvalue weighted by Crippen LogP contribution is 2.30. The summed E-state index contributed by atoms with van der Waals surface area (Å²) in [5.41, 5.74) is 13.3. The predicted molar refractivity (Wildman–Crippen MR) is 99.5 cm³/mol. The van der Waals surface area contributed by atoms with E-state index in [4.69, 9.17) is 11.5 Å². The van der Waals surface area contributed by atoms with E-state index in [2.05, 4.69) is 22.0 Å². The topological polar surface area (TPSA) is 95.6 Å². The molecule has 8 heteroatoms. The summed E-state index contributed by atoms with van der Waals surface area (Å²) in [6.45, 7) is 3.78. The Balaban J connectivity index is 1.86. The van der Waals surface area contributed by atoms with Gasteiger partial charge in [0.15, 0.2) is 5.65 Å². The van der Waals surface area contributed by atoms with Crippen LogP contribution >= 0.6 is 0 Å². The van der Waals surface area contributed by atoms with Gasteiger partial charge in [-0.25, -0.2) is 18.4 Å². The number of benzene rings is 2. The van der Waals surface area contributed by atoms with E-state index in [1.807, 2.05) is 0 Å². The van der Waals surface area contributed by atoms with Gasteiger partial charge in [0, 0.05) is 16.8 Å². The summed E-state index contributed by atoms with van der Waals surface area (Å²) in [5, 5.41) is 4.76. The van der Waals surface area contributed by atoms with Crippen LogP contribution in [0.15, 0.2) is 42.6 Å². The lowest BCUT2D eigenvalue weighted by atomic mass is 10.1. The molecule has 0 bridgehead atoms. The second-order valence-electron chi connectivity index (χ2n) is 6.10. The van der Waals surface area contributed by atoms with Crippen molar-refractivity contribution in [3.63, 3.8) is 0 Å². The molecule has 4 rings (SSSR count). The molecule has 0 aliphatic heterocycles. The maximum absolute atomic E-state index is 14.5. The highest BCUT2D eigenvalue weighted by molar-refractivity contribution is 5.91. The lowest BCUT2D eigenvalue weighted by molar-refractivity contribution is 0.590. The minimum absolute atomic E-state index is 0.0362. The highest BCUT2D eigenvalue weighted by atomic mass is 19.1. The molecular formula is C19H15F2N6. The summed E-state index contributed by atoms with van der Waals surface area (Å²) in [6, 6.07) is 9.25. The standard InChI is InChI=1S/C19H15F2N6/c1-10-3-2-4-13(16(10)21)17-14-8-24-27(18(14)26-19(23)25-17)9-11-5-6-12(22)7-15(11)20/h2-8H,1,9,22H2,(H2,23,25,26). The van der Waals surface area contributed by atoms with Crippen molar-refractivity contribution < 1.29 is 8.78 Å². The summed E-state index contributed by atoms with van der Waals surface area (Å²) in [5.74, 6) is -0.975. The van der Waals surface area contributed by atoms with Crippen LogP contribution in [0, 0.1) is 18.6 Å². The van der Waals surface area contributed by atoms with Gasteiger partial charge in [-0.15, -0.1) is 0 Å². The number of anilines is 2. The van der Waals surface area contributed by atoms with Gasteiger partial charge < -0.3 is 11.5 Å². The van der Waals surface area contributed by atoms with Crippen LogP contribution in [0.25, 0.3) is 22.3 Å². The Hall–Kier alpha value is -3.55. The maximum atomic E-state index is 14.5. The quantitative estimate of drug-likeness (QED) is 0.544. The number of halogens is 2. The van der Waals surface area contributed by atoms with Gasteiger partial charge in [0.25, 0.3) is 0 Å². The SMILES string of the molecule is [CH2]c1cccc(-c2nc(N)nc3c2cnn3Cc2ccc(N)cc2F)c1F. The average Bonchev–Trinajstić information content (AvgIpc) is 3.02. The van der Waals surface area contributed by atoms with E-state index in [9.17, 15) is 8.78 Å². The van der Waals surface area contributed by atoms with E-state index in [-0.39, 0.29) is 23.6 Å². The first-order chi connectivity index (χ1) is 12.9. The lowest BCUT2D eigenvalue weighted by Gasteiger charge is -2.09. The van der Waals surface area contributed by atoms with Crippen molar-refractivity contribution in [1.29, 1.82) is 0 Å². The fraction of sp³-hybridized carbons (Fsp3) is 0.0526. The van der Waals surface area contributed by atoms with Crippen molar-refractivity contribution >= 4 is 22.7 Å². The van der Waals surface area contributed by atoms with E-state index in [1.54, 1.807) is 30.3 Å². The van der Waals surface area contributed by atoms with E-state index >= 15 is 0 Å². The molecule has 0 amide bonds. The molecule has 0 saturated carbocycles. The van der Waals surface area contributed by atoms with Gasteiger partial charge >= 0.3 is 0 Å². The van der Waals surface area contributed by atoms with Gasteiger partial charge in [0.2, 0.25) is 5.95 Å². The normalized spacial score (nSPS) is 11.2. The van der Waals surface area contributed by atoms with Gasteiger partial charge in [0.1, 0.15) is 11.6 Å². The second kappa shape index (κ2) is 6.31. The number of aromatic nitrogens is 4. The molecule has 0 aliphatic carbocycles. The molecule has 2 aromatic carbocycles. The average molecular weight is 365 g/mol. The van der Waals surface area contributed by atoms with Crippen molar-refractivity contribution in [3.05, 3.63) is 72.3 Å². The molecule has 4 aromatic rings. The maximum Gasteiger partial charge on any atom is 0.222 e. The number of hydrogen-bond acceptors (Lipinski definition) is 5. The smallest absolute Gasteiger partial charge is 0.222 e. The molecule has 0 saturated heterocycles. The van der Waals surface area contributed by atoms with E-state index in [0.29, 0.717) is 28.0 Å². The lowest BCUT2D eigenvalue weighted by Crippen LogP contribution is -2.07. The van der Waals surface area contributed by atoms with Gasteiger partial charge in [0.05, 0.1) is 23.8 Å². The summed E-state index contributed by atoms with van der Waals surface area (Å²) < 4.78 is 30.2. The number of rotatable bonds is 3. The zero-order valence-electron chi connectivity index (χ0n) is 14.2. The van der Waals surface area contributed by atoms with Crippen LogP contribution < -0.4 is 11.5 Å². The third kappa shape index (κ3) is 2.95. The Bertz CT molecular complexity index is 1170. The van der Waals surface area contributed by atoms with E-state index < -0.39 is 11.6 Å². The number of nitrogens with zero attached hydrogens (tertiary/aromatic N) is 4. The van der Waals surface area contributed by atoms with Gasteiger partial charge in [-0.3, -0.25) is 0 Å². The predicted octanol–water partition coefficient (Wildman–Crippen LogP) is 3.17. The van der Waals surface area contributed by atoms with Crippen LogP contribution in [0.3, 0.4) is 0 Å². The third-order valence-electron chi connectivity index (χ3n) is 4.24. The zero-order chi connectivity index (χ0) is 19.1. The molecule has 0 atom stereocenters. The minimum Gasteiger partial charge on any atom is -0.399 e. The van der Waals surface area contributed by atoms with Gasteiger partial charge in [-0.2, -0.15) is 10.1 Å². The molecule has 2 aromatic heterocycles. The first kappa shape index (κ1) is 16.9. The first-order valence-electron chi connectivity index (χ1n) is 8.08. The van der Waals surface area contributed by atoms with Crippen molar-refractivity contribution in [2.24, 2.45) is 0 Å². The second-order valence-corrected chi connectivity index (χ2v) is 6.10. The van der Waals surface area contributed by atoms with Crippen LogP contribution in [0.5, 0.6) is 0 Å². The zero-order valence-corrected chi connectivity index (χ0v) is 14.2. The molecule has 6 nitrogen and oxygen atoms in total. The minimum atomic E-state index is -0.491. The molecule has 0 spiro atoms. The van der Waals surface area contributed by atoms with Gasteiger partial charge in [-0.1, -0.05) is 18.2 Å². The Labute approximate surface area is 153 Å². The summed E-state index contributed by atoms with van der Waals surface area (Å²) >= 11 is 0. The third-order valence-corrected chi connectivity index (χ3v) is 4.24. The van der Waals surface area contributed by atoms with Crippen molar-refractivity contribution in [2.45, 2.75) is 6.54 Å². The molecule has 1 radical (unpaired) electrons. The van der Waals surface area contributed by atoms with Crippen molar-refractivity contribution in [3.8, 4) is 11.3 Å². The fourth-order valence-corrected chi connectivity index (χ4v) is 2.91. The molecular weight excluding hydrogens is 350 g/mol. The monoisotopic (exact) mass is 365 g/mol. The summed E-state index contributed by atoms with van der Waals surface area (Å²) in [4.78, 5) is 8.38. The van der Waals surface area contributed by atoms with Crippen LogP contribution in [0.4, 0.5) is 20.4 Å². The fourth-order valence-electron chi connectivity index (χ4n) is 2.91. The van der Waals surface area contributed by atoms with Crippen LogP contribution in [0.2, 0.25) is 0 Å². The van der Waals surface area contributed by atoms with Crippen LogP contribution in [0.1, 0.15) is 11.1 Å². The number of nitrogen functional groups attached to an aromatic ring is 2. The molecule has 2 heterocycles. The summed E-state index contributed by atoms with van der Waals surface area (Å²) in [6.07, 6.45) is 1.51. The van der Waals surface area contributed by atoms with Gasteiger partial charge in [-0.05, 0) is 30.7 Å². The van der Waals surface area contributed by atoms with Crippen LogP contribution in [-0.2, 0) is 6.54 Å².